The molecule has 2 aromatic heterocycles. The molecule has 1 saturated heterocycles. The van der Waals surface area contributed by atoms with Gasteiger partial charge in [0.15, 0.2) is 5.65 Å². The Bertz CT molecular complexity index is 1320. The van der Waals surface area contributed by atoms with Crippen molar-refractivity contribution in [3.05, 3.63) is 83.4 Å². The van der Waals surface area contributed by atoms with Crippen molar-refractivity contribution in [1.82, 2.24) is 24.6 Å². The second-order valence-corrected chi connectivity index (χ2v) is 8.95. The summed E-state index contributed by atoms with van der Waals surface area (Å²) in [5.74, 6) is -0.223. The fourth-order valence-electron chi connectivity index (χ4n) is 4.71. The van der Waals surface area contributed by atoms with Crippen molar-refractivity contribution >= 4 is 16.9 Å². The standard InChI is InChI=1S/C27H28FN5O/c1-19-4-3-5-21(16-19)17-31-12-14-32(15-13-31)25(34)18-33-27-26(20(2)30-33)24(10-11-29-27)22-6-8-23(28)9-7-22/h3-11,16H,12-15,17-18H2,1-2H3. The van der Waals surface area contributed by atoms with E-state index in [1.165, 1.54) is 23.3 Å². The molecule has 0 spiro atoms. The summed E-state index contributed by atoms with van der Waals surface area (Å²) in [7, 11) is 0. The van der Waals surface area contributed by atoms with Crippen LogP contribution >= 0.6 is 0 Å². The zero-order valence-corrected chi connectivity index (χ0v) is 19.5. The molecule has 34 heavy (non-hydrogen) atoms. The van der Waals surface area contributed by atoms with Crippen LogP contribution in [0.2, 0.25) is 0 Å². The highest BCUT2D eigenvalue weighted by Crippen LogP contribution is 2.30. The van der Waals surface area contributed by atoms with Gasteiger partial charge in [0, 0.05) is 44.3 Å². The van der Waals surface area contributed by atoms with Gasteiger partial charge >= 0.3 is 0 Å². The number of aryl methyl sites for hydroxylation is 2. The van der Waals surface area contributed by atoms with E-state index in [0.717, 1.165) is 41.8 Å². The summed E-state index contributed by atoms with van der Waals surface area (Å²) in [5, 5.41) is 5.52. The molecule has 0 bridgehead atoms. The van der Waals surface area contributed by atoms with Gasteiger partial charge < -0.3 is 4.90 Å². The molecule has 0 atom stereocenters. The second-order valence-electron chi connectivity index (χ2n) is 8.95. The Kier molecular flexibility index (Phi) is 6.11. The third kappa shape index (κ3) is 4.56. The second kappa shape index (κ2) is 9.35. The van der Waals surface area contributed by atoms with E-state index in [-0.39, 0.29) is 18.3 Å². The van der Waals surface area contributed by atoms with Gasteiger partial charge in [-0.1, -0.05) is 42.0 Å². The highest BCUT2D eigenvalue weighted by Gasteiger charge is 2.23. The van der Waals surface area contributed by atoms with Crippen LogP contribution in [0.5, 0.6) is 0 Å². The Hall–Kier alpha value is -3.58. The van der Waals surface area contributed by atoms with Gasteiger partial charge in [-0.15, -0.1) is 0 Å². The fourth-order valence-corrected chi connectivity index (χ4v) is 4.71. The van der Waals surface area contributed by atoms with Gasteiger partial charge in [-0.3, -0.25) is 9.69 Å². The van der Waals surface area contributed by atoms with E-state index in [4.69, 9.17) is 0 Å². The largest absolute Gasteiger partial charge is 0.339 e. The summed E-state index contributed by atoms with van der Waals surface area (Å²) >= 11 is 0. The molecular formula is C27H28FN5O. The van der Waals surface area contributed by atoms with Crippen molar-refractivity contribution in [1.29, 1.82) is 0 Å². The fraction of sp³-hybridized carbons (Fsp3) is 0.296. The number of hydrogen-bond acceptors (Lipinski definition) is 4. The van der Waals surface area contributed by atoms with Gasteiger partial charge in [-0.2, -0.15) is 5.10 Å². The molecule has 6 nitrogen and oxygen atoms in total. The van der Waals surface area contributed by atoms with Crippen LogP contribution in [0, 0.1) is 19.7 Å². The number of benzene rings is 2. The van der Waals surface area contributed by atoms with E-state index in [1.807, 2.05) is 17.9 Å². The van der Waals surface area contributed by atoms with E-state index in [9.17, 15) is 9.18 Å². The van der Waals surface area contributed by atoms with Crippen LogP contribution in [0.25, 0.3) is 22.2 Å². The third-order valence-electron chi connectivity index (χ3n) is 6.46. The van der Waals surface area contributed by atoms with Crippen LogP contribution < -0.4 is 0 Å². The van der Waals surface area contributed by atoms with Gasteiger partial charge in [0.2, 0.25) is 5.91 Å². The minimum absolute atomic E-state index is 0.0496. The molecule has 0 radical (unpaired) electrons. The van der Waals surface area contributed by atoms with Gasteiger partial charge in [0.05, 0.1) is 5.69 Å². The first kappa shape index (κ1) is 22.2. The van der Waals surface area contributed by atoms with Crippen LogP contribution in [0.3, 0.4) is 0 Å². The number of carbonyl (C=O) groups excluding carboxylic acids is 1. The van der Waals surface area contributed by atoms with Crippen molar-refractivity contribution in [2.45, 2.75) is 26.9 Å². The molecule has 0 N–H and O–H groups in total. The maximum absolute atomic E-state index is 13.4. The number of rotatable bonds is 5. The molecule has 0 aliphatic carbocycles. The van der Waals surface area contributed by atoms with Gasteiger partial charge in [0.1, 0.15) is 12.4 Å². The molecular weight excluding hydrogens is 429 g/mol. The van der Waals surface area contributed by atoms with E-state index < -0.39 is 0 Å². The smallest absolute Gasteiger partial charge is 0.244 e. The Morgan fingerprint density at radius 2 is 1.76 bits per heavy atom. The zero-order valence-electron chi connectivity index (χ0n) is 19.5. The van der Waals surface area contributed by atoms with Crippen molar-refractivity contribution < 1.29 is 9.18 Å². The summed E-state index contributed by atoms with van der Waals surface area (Å²) in [4.78, 5) is 21.9. The molecule has 3 heterocycles. The number of nitrogens with zero attached hydrogens (tertiary/aromatic N) is 5. The quantitative estimate of drug-likeness (QED) is 0.451. The minimum Gasteiger partial charge on any atom is -0.339 e. The zero-order chi connectivity index (χ0) is 23.7. The van der Waals surface area contributed by atoms with E-state index in [2.05, 4.69) is 46.2 Å². The van der Waals surface area contributed by atoms with Crippen molar-refractivity contribution in [2.24, 2.45) is 0 Å². The number of pyridine rings is 1. The van der Waals surface area contributed by atoms with E-state index >= 15 is 0 Å². The molecule has 7 heteroatoms. The number of piperazine rings is 1. The summed E-state index contributed by atoms with van der Waals surface area (Å²) in [6.07, 6.45) is 1.72. The Morgan fingerprint density at radius 1 is 1.00 bits per heavy atom. The van der Waals surface area contributed by atoms with Crippen LogP contribution in [-0.4, -0.2) is 56.7 Å². The molecule has 2 aromatic carbocycles. The predicted molar refractivity (Wildman–Crippen MR) is 131 cm³/mol. The summed E-state index contributed by atoms with van der Waals surface area (Å²) in [5.41, 5.74) is 5.88. The lowest BCUT2D eigenvalue weighted by atomic mass is 10.0. The highest BCUT2D eigenvalue weighted by molar-refractivity contribution is 5.95. The number of hydrogen-bond donors (Lipinski definition) is 0. The lowest BCUT2D eigenvalue weighted by molar-refractivity contribution is -0.133. The summed E-state index contributed by atoms with van der Waals surface area (Å²) in [6, 6.07) is 16.9. The normalized spacial score (nSPS) is 14.6. The number of carbonyl (C=O) groups is 1. The average molecular weight is 458 g/mol. The number of amides is 1. The molecule has 1 aliphatic heterocycles. The van der Waals surface area contributed by atoms with Gasteiger partial charge in [-0.05, 0) is 48.7 Å². The molecule has 4 aromatic rings. The van der Waals surface area contributed by atoms with Crippen LogP contribution in [0.4, 0.5) is 4.39 Å². The SMILES string of the molecule is Cc1cccc(CN2CCN(C(=O)Cn3nc(C)c4c(-c5ccc(F)cc5)ccnc43)CC2)c1. The third-order valence-corrected chi connectivity index (χ3v) is 6.46. The molecule has 1 amide bonds. The lowest BCUT2D eigenvalue weighted by Gasteiger charge is -2.34. The maximum Gasteiger partial charge on any atom is 0.244 e. The van der Waals surface area contributed by atoms with Crippen LogP contribution in [-0.2, 0) is 17.9 Å². The van der Waals surface area contributed by atoms with Crippen molar-refractivity contribution in [2.75, 3.05) is 26.2 Å². The molecule has 0 saturated carbocycles. The molecule has 174 valence electrons. The van der Waals surface area contributed by atoms with Crippen LogP contribution in [0.15, 0.2) is 60.8 Å². The van der Waals surface area contributed by atoms with Crippen molar-refractivity contribution in [3.63, 3.8) is 0 Å². The van der Waals surface area contributed by atoms with Gasteiger partial charge in [-0.25, -0.2) is 14.1 Å². The van der Waals surface area contributed by atoms with E-state index in [1.54, 1.807) is 23.0 Å². The van der Waals surface area contributed by atoms with Crippen molar-refractivity contribution in [3.8, 4) is 11.1 Å². The topological polar surface area (TPSA) is 54.3 Å². The average Bonchev–Trinajstić information content (AvgIpc) is 3.15. The first-order valence-electron chi connectivity index (χ1n) is 11.6. The lowest BCUT2D eigenvalue weighted by Crippen LogP contribution is -2.49. The maximum atomic E-state index is 13.4. The molecule has 5 rings (SSSR count). The number of fused-ring (bicyclic) bond motifs is 1. The summed E-state index contributed by atoms with van der Waals surface area (Å²) < 4.78 is 15.1. The molecule has 0 unspecified atom stereocenters. The Morgan fingerprint density at radius 3 is 2.50 bits per heavy atom. The molecule has 1 aliphatic rings. The number of halogens is 1. The Balaban J connectivity index is 1.28. The first-order chi connectivity index (χ1) is 16.5. The molecule has 1 fully saturated rings. The predicted octanol–water partition coefficient (Wildman–Crippen LogP) is 4.20. The minimum atomic E-state index is -0.272. The monoisotopic (exact) mass is 457 g/mol. The first-order valence-corrected chi connectivity index (χ1v) is 11.6. The van der Waals surface area contributed by atoms with Gasteiger partial charge in [0.25, 0.3) is 0 Å². The van der Waals surface area contributed by atoms with E-state index in [0.29, 0.717) is 18.7 Å². The van der Waals surface area contributed by atoms with Crippen LogP contribution in [0.1, 0.15) is 16.8 Å². The highest BCUT2D eigenvalue weighted by atomic mass is 19.1. The Labute approximate surface area is 198 Å². The number of aromatic nitrogens is 3. The summed E-state index contributed by atoms with van der Waals surface area (Å²) in [6.45, 7) is 8.20.